The van der Waals surface area contributed by atoms with Crippen molar-refractivity contribution in [3.05, 3.63) is 83.9 Å². The minimum absolute atomic E-state index is 0.116. The van der Waals surface area contributed by atoms with Crippen molar-refractivity contribution in [2.45, 2.75) is 141 Å². The molecule has 8 atom stereocenters. The van der Waals surface area contributed by atoms with Gasteiger partial charge in [0, 0.05) is 38.9 Å². The second-order valence-corrected chi connectivity index (χ2v) is 16.3. The molecule has 2 amide bonds. The van der Waals surface area contributed by atoms with E-state index in [1.807, 2.05) is 0 Å². The predicted octanol–water partition coefficient (Wildman–Crippen LogP) is 5.90. The van der Waals surface area contributed by atoms with Gasteiger partial charge < -0.3 is 48.9 Å². The van der Waals surface area contributed by atoms with Gasteiger partial charge in [0.15, 0.2) is 0 Å². The molecular weight excluding hydrogens is 774 g/mol. The lowest BCUT2D eigenvalue weighted by atomic mass is 10.0. The molecular formula is C43H60F2N2O12. The number of benzene rings is 2. The van der Waals surface area contributed by atoms with Gasteiger partial charge in [0.2, 0.25) is 0 Å². The summed E-state index contributed by atoms with van der Waals surface area (Å²) in [7, 11) is 0. The fourth-order valence-electron chi connectivity index (χ4n) is 6.02. The van der Waals surface area contributed by atoms with Crippen LogP contribution in [-0.4, -0.2) is 109 Å². The highest BCUT2D eigenvalue weighted by Crippen LogP contribution is 2.22. The lowest BCUT2D eigenvalue weighted by molar-refractivity contribution is -0.163. The number of aliphatic hydroxyl groups is 1. The van der Waals surface area contributed by atoms with E-state index < -0.39 is 84.0 Å². The van der Waals surface area contributed by atoms with Crippen molar-refractivity contribution in [2.75, 3.05) is 19.8 Å². The fourth-order valence-corrected chi connectivity index (χ4v) is 6.02. The number of aliphatic hydroxyl groups excluding tert-OH is 1. The first kappa shape index (κ1) is 48.7. The zero-order valence-corrected chi connectivity index (χ0v) is 35.2. The first-order valence-electron chi connectivity index (χ1n) is 19.7. The molecule has 2 aromatic carbocycles. The Labute approximate surface area is 345 Å². The summed E-state index contributed by atoms with van der Waals surface area (Å²) in [5, 5.41) is 15.6. The summed E-state index contributed by atoms with van der Waals surface area (Å²) in [6.07, 6.45) is -2.95. The zero-order valence-electron chi connectivity index (χ0n) is 35.2. The second-order valence-electron chi connectivity index (χ2n) is 16.3. The van der Waals surface area contributed by atoms with Crippen molar-refractivity contribution in [1.82, 2.24) is 10.6 Å². The third-order valence-electron chi connectivity index (χ3n) is 8.83. The van der Waals surface area contributed by atoms with Crippen molar-refractivity contribution >= 4 is 24.1 Å². The highest BCUT2D eigenvalue weighted by atomic mass is 19.1. The SMILES string of the molecule is C=CCO[C@H]1[C@H](C)OC(=O)[C@@H](NC(=O)OC(C)(C)C)CCO[C@@H]1Cc1ccc(F)cc1.C[C@@H]1OC(=O)[C@@H](NC(=O)OC(C)(C)C)CCO[C@H](Cc2ccc(F)cc2)[C@H]1O. The molecule has 2 fully saturated rings. The smallest absolute Gasteiger partial charge is 0.408 e. The van der Waals surface area contributed by atoms with E-state index >= 15 is 0 Å². The molecule has 2 aromatic rings. The summed E-state index contributed by atoms with van der Waals surface area (Å²) in [6, 6.07) is 10.2. The number of halogens is 2. The number of esters is 2. The van der Waals surface area contributed by atoms with Crippen LogP contribution in [0.15, 0.2) is 61.2 Å². The van der Waals surface area contributed by atoms with Gasteiger partial charge in [-0.1, -0.05) is 30.3 Å². The maximum Gasteiger partial charge on any atom is 0.408 e. The van der Waals surface area contributed by atoms with Crippen molar-refractivity contribution in [3.63, 3.8) is 0 Å². The monoisotopic (exact) mass is 834 g/mol. The van der Waals surface area contributed by atoms with E-state index in [9.17, 15) is 33.1 Å². The first-order valence-corrected chi connectivity index (χ1v) is 19.7. The zero-order chi connectivity index (χ0) is 43.9. The van der Waals surface area contributed by atoms with Crippen molar-refractivity contribution in [1.29, 1.82) is 0 Å². The van der Waals surface area contributed by atoms with E-state index in [1.54, 1.807) is 85.7 Å². The molecule has 0 unspecified atom stereocenters. The van der Waals surface area contributed by atoms with Crippen LogP contribution in [0, 0.1) is 11.6 Å². The molecule has 0 radical (unpaired) electrons. The molecule has 3 N–H and O–H groups in total. The fraction of sp³-hybridized carbons (Fsp3) is 0.581. The number of carbonyl (C=O) groups excluding carboxylic acids is 4. The summed E-state index contributed by atoms with van der Waals surface area (Å²) in [5.41, 5.74) is 0.249. The summed E-state index contributed by atoms with van der Waals surface area (Å²) >= 11 is 0. The molecule has 0 aromatic heterocycles. The number of hydrogen-bond acceptors (Lipinski definition) is 12. The number of rotatable bonds is 9. The largest absolute Gasteiger partial charge is 0.458 e. The number of nitrogens with one attached hydrogen (secondary N) is 2. The van der Waals surface area contributed by atoms with Crippen molar-refractivity contribution in [2.24, 2.45) is 0 Å². The van der Waals surface area contributed by atoms with Gasteiger partial charge in [-0.2, -0.15) is 0 Å². The van der Waals surface area contributed by atoms with Gasteiger partial charge in [0.05, 0.1) is 18.8 Å². The summed E-state index contributed by atoms with van der Waals surface area (Å²) in [6.45, 7) is 17.8. The van der Waals surface area contributed by atoms with Gasteiger partial charge in [-0.05, 0) is 90.8 Å². The Morgan fingerprint density at radius 3 is 1.58 bits per heavy atom. The molecule has 2 heterocycles. The Hall–Kier alpha value is -4.64. The number of carbonyl (C=O) groups is 4. The molecule has 2 aliphatic rings. The van der Waals surface area contributed by atoms with Gasteiger partial charge in [-0.3, -0.25) is 0 Å². The summed E-state index contributed by atoms with van der Waals surface area (Å²) < 4.78 is 65.4. The molecule has 0 spiro atoms. The Morgan fingerprint density at radius 1 is 0.746 bits per heavy atom. The van der Waals surface area contributed by atoms with Crippen molar-refractivity contribution < 1.29 is 66.2 Å². The lowest BCUT2D eigenvalue weighted by Crippen LogP contribution is -2.46. The maximum absolute atomic E-state index is 13.3. The Balaban J connectivity index is 0.000000317. The van der Waals surface area contributed by atoms with Crippen LogP contribution in [0.5, 0.6) is 0 Å². The Morgan fingerprint density at radius 2 is 1.15 bits per heavy atom. The average molecular weight is 835 g/mol. The lowest BCUT2D eigenvalue weighted by Gasteiger charge is -2.30. The van der Waals surface area contributed by atoms with Gasteiger partial charge in [0.1, 0.15) is 59.3 Å². The van der Waals surface area contributed by atoms with Crippen LogP contribution in [0.3, 0.4) is 0 Å². The third kappa shape index (κ3) is 17.6. The molecule has 2 aliphatic heterocycles. The molecule has 2 saturated heterocycles. The number of ether oxygens (including phenoxy) is 7. The molecule has 0 bridgehead atoms. The van der Waals surface area contributed by atoms with E-state index in [1.165, 1.54) is 24.3 Å². The van der Waals surface area contributed by atoms with Crippen LogP contribution < -0.4 is 10.6 Å². The Kier molecular flexibility index (Phi) is 18.7. The van der Waals surface area contributed by atoms with E-state index in [0.717, 1.165) is 11.1 Å². The third-order valence-corrected chi connectivity index (χ3v) is 8.83. The van der Waals surface area contributed by atoms with Crippen LogP contribution in [0.25, 0.3) is 0 Å². The van der Waals surface area contributed by atoms with E-state index in [-0.39, 0.29) is 44.3 Å². The maximum atomic E-state index is 13.3. The Bertz CT molecular complexity index is 1660. The number of amides is 2. The van der Waals surface area contributed by atoms with Gasteiger partial charge in [-0.15, -0.1) is 6.58 Å². The molecule has 59 heavy (non-hydrogen) atoms. The van der Waals surface area contributed by atoms with Gasteiger partial charge >= 0.3 is 24.1 Å². The molecule has 16 heteroatoms. The number of alkyl carbamates (subject to hydrolysis) is 2. The topological polar surface area (TPSA) is 177 Å². The second kappa shape index (κ2) is 22.7. The first-order chi connectivity index (χ1) is 27.6. The molecule has 14 nitrogen and oxygen atoms in total. The van der Waals surface area contributed by atoms with E-state index in [4.69, 9.17) is 33.2 Å². The summed E-state index contributed by atoms with van der Waals surface area (Å²) in [4.78, 5) is 49.2. The summed E-state index contributed by atoms with van der Waals surface area (Å²) in [5.74, 6) is -1.92. The van der Waals surface area contributed by atoms with Crippen LogP contribution in [0.2, 0.25) is 0 Å². The quantitative estimate of drug-likeness (QED) is 0.155. The predicted molar refractivity (Wildman–Crippen MR) is 212 cm³/mol. The van der Waals surface area contributed by atoms with Gasteiger partial charge in [0.25, 0.3) is 0 Å². The van der Waals surface area contributed by atoms with Crippen LogP contribution in [-0.2, 0) is 55.6 Å². The van der Waals surface area contributed by atoms with Crippen LogP contribution in [0.4, 0.5) is 18.4 Å². The standard InChI is InChI=1S/C23H32FNO6.C20H28FNO6/c1-6-12-29-20-15(2)30-21(26)18(25-22(27)31-23(3,4)5)11-13-28-19(20)14-16-7-9-17(24)10-8-16;1-12-17(23)16(11-13-5-7-14(21)8-6-13)26-10-9-15(18(24)27-12)22-19(25)28-20(2,3)4/h6-10,15,18-20H,1,11-14H2,2-5H3,(H,25,27);5-8,12,15-17,23H,9-11H2,1-4H3,(H,22,25)/t15-,18-,19+,20-;12-,15-,16+,17-/m00/s1. The molecule has 0 aliphatic carbocycles. The van der Waals surface area contributed by atoms with E-state index in [2.05, 4.69) is 17.2 Å². The molecule has 4 rings (SSSR count). The number of hydrogen-bond donors (Lipinski definition) is 3. The number of cyclic esters (lactones) is 2. The highest BCUT2D eigenvalue weighted by Gasteiger charge is 2.37. The normalized spacial score (nSPS) is 25.6. The minimum Gasteiger partial charge on any atom is -0.458 e. The molecule has 328 valence electrons. The van der Waals surface area contributed by atoms with Crippen LogP contribution in [0.1, 0.15) is 79.4 Å². The molecule has 0 saturated carbocycles. The minimum atomic E-state index is -1.07. The van der Waals surface area contributed by atoms with Crippen LogP contribution >= 0.6 is 0 Å². The van der Waals surface area contributed by atoms with E-state index in [0.29, 0.717) is 12.8 Å². The average Bonchev–Trinajstić information content (AvgIpc) is 3.20. The highest BCUT2D eigenvalue weighted by molar-refractivity contribution is 5.82. The van der Waals surface area contributed by atoms with Crippen molar-refractivity contribution in [3.8, 4) is 0 Å². The van der Waals surface area contributed by atoms with Gasteiger partial charge in [-0.25, -0.2) is 28.0 Å².